The lowest BCUT2D eigenvalue weighted by molar-refractivity contribution is -0.144. The first-order valence-electron chi connectivity index (χ1n) is 14.6. The summed E-state index contributed by atoms with van der Waals surface area (Å²) in [5.74, 6) is -3.37. The van der Waals surface area contributed by atoms with Crippen molar-refractivity contribution in [1.29, 1.82) is 0 Å². The number of aromatic nitrogens is 4. The Morgan fingerprint density at radius 3 is 2.36 bits per heavy atom. The highest BCUT2D eigenvalue weighted by molar-refractivity contribution is 6.05. The number of imidazole rings is 1. The van der Waals surface area contributed by atoms with Crippen LogP contribution in [0.2, 0.25) is 0 Å². The second kappa shape index (κ2) is 14.2. The summed E-state index contributed by atoms with van der Waals surface area (Å²) in [5.41, 5.74) is 7.33. The van der Waals surface area contributed by atoms with Crippen molar-refractivity contribution in [3.8, 4) is 0 Å². The standard InChI is InChI=1S/C23H26F3N7O3.C6H10F2/c24-23(25,26)7-6-19(34)28-9-14-4-5-16-17(8-14)31-18(30-16)10-29-22(36)15-12-33(11-13-2-1-3-13)32-20(15)21(27)35;7-6(8)4-2-1-3-5-6/h4-5,8,12-13H,1-3,6-7,9-11H2,(H2,27,35)(H,28,34)(H,29,36)(H,30,31);1-5H2. The van der Waals surface area contributed by atoms with Gasteiger partial charge in [-0.15, -0.1) is 0 Å². The van der Waals surface area contributed by atoms with E-state index < -0.39 is 42.7 Å². The highest BCUT2D eigenvalue weighted by Crippen LogP contribution is 2.32. The fraction of sp³-hybridized carbons (Fsp3) is 0.552. The minimum absolute atomic E-state index is 0.0447. The number of alkyl halides is 5. The number of amides is 3. The lowest BCUT2D eigenvalue weighted by atomic mass is 9.85. The van der Waals surface area contributed by atoms with Crippen LogP contribution in [0.1, 0.15) is 96.4 Å². The van der Waals surface area contributed by atoms with Crippen LogP contribution in [0.3, 0.4) is 0 Å². The van der Waals surface area contributed by atoms with Gasteiger partial charge in [0, 0.05) is 38.5 Å². The number of nitrogens with zero attached hydrogens (tertiary/aromatic N) is 3. The minimum Gasteiger partial charge on any atom is -0.364 e. The van der Waals surface area contributed by atoms with Crippen molar-refractivity contribution in [3.63, 3.8) is 0 Å². The largest absolute Gasteiger partial charge is 0.389 e. The zero-order valence-corrected chi connectivity index (χ0v) is 24.1. The van der Waals surface area contributed by atoms with Gasteiger partial charge in [-0.3, -0.25) is 19.1 Å². The number of rotatable bonds is 10. The van der Waals surface area contributed by atoms with Crippen LogP contribution >= 0.6 is 0 Å². The van der Waals surface area contributed by atoms with Gasteiger partial charge >= 0.3 is 6.18 Å². The summed E-state index contributed by atoms with van der Waals surface area (Å²) >= 11 is 0. The van der Waals surface area contributed by atoms with Crippen molar-refractivity contribution in [1.82, 2.24) is 30.4 Å². The average Bonchev–Trinajstić information content (AvgIpc) is 3.55. The van der Waals surface area contributed by atoms with Gasteiger partial charge in [-0.05, 0) is 49.3 Å². The highest BCUT2D eigenvalue weighted by atomic mass is 19.4. The normalized spacial score (nSPS) is 16.5. The molecule has 3 amide bonds. The van der Waals surface area contributed by atoms with E-state index in [1.165, 1.54) is 6.20 Å². The molecule has 1 aromatic carbocycles. The van der Waals surface area contributed by atoms with Crippen LogP contribution in [-0.2, 0) is 24.4 Å². The van der Waals surface area contributed by atoms with Crippen molar-refractivity contribution in [2.45, 2.75) is 95.9 Å². The summed E-state index contributed by atoms with van der Waals surface area (Å²) in [4.78, 5) is 43.6. The molecule has 0 saturated heterocycles. The highest BCUT2D eigenvalue weighted by Gasteiger charge is 2.30. The van der Waals surface area contributed by atoms with Gasteiger partial charge < -0.3 is 21.4 Å². The summed E-state index contributed by atoms with van der Waals surface area (Å²) in [5, 5.41) is 9.34. The lowest BCUT2D eigenvalue weighted by Crippen LogP contribution is -2.26. The van der Waals surface area contributed by atoms with Crippen LogP contribution < -0.4 is 16.4 Å². The van der Waals surface area contributed by atoms with Gasteiger partial charge in [-0.25, -0.2) is 13.8 Å². The Bertz CT molecular complexity index is 1460. The summed E-state index contributed by atoms with van der Waals surface area (Å²) in [6.07, 6.45) is 1.36. The molecule has 0 atom stereocenters. The van der Waals surface area contributed by atoms with E-state index >= 15 is 0 Å². The van der Waals surface area contributed by atoms with E-state index in [9.17, 15) is 36.3 Å². The number of nitrogens with one attached hydrogen (secondary N) is 3. The minimum atomic E-state index is -4.38. The van der Waals surface area contributed by atoms with Crippen molar-refractivity contribution < 1.29 is 36.3 Å². The number of halogens is 5. The smallest absolute Gasteiger partial charge is 0.364 e. The Labute approximate surface area is 250 Å². The number of fused-ring (bicyclic) bond motifs is 1. The maximum Gasteiger partial charge on any atom is 0.389 e. The second-order valence-corrected chi connectivity index (χ2v) is 11.3. The van der Waals surface area contributed by atoms with Gasteiger partial charge in [-0.1, -0.05) is 18.9 Å². The van der Waals surface area contributed by atoms with E-state index in [0.29, 0.717) is 47.7 Å². The van der Waals surface area contributed by atoms with Crippen LogP contribution in [0.5, 0.6) is 0 Å². The molecule has 10 nitrogen and oxygen atoms in total. The fourth-order valence-corrected chi connectivity index (χ4v) is 4.98. The number of primary amides is 1. The molecule has 5 rings (SSSR count). The van der Waals surface area contributed by atoms with Gasteiger partial charge in [0.1, 0.15) is 5.82 Å². The second-order valence-electron chi connectivity index (χ2n) is 11.3. The SMILES string of the molecule is FC1(F)CCCCC1.NC(=O)c1nn(CC2CCC2)cc1C(=O)NCc1nc2ccc(CNC(=O)CCC(F)(F)F)cc2[nH]1. The zero-order valence-electron chi connectivity index (χ0n) is 24.1. The number of benzene rings is 1. The molecule has 3 aromatic rings. The van der Waals surface area contributed by atoms with Crippen LogP contribution in [0.4, 0.5) is 22.0 Å². The van der Waals surface area contributed by atoms with E-state index in [0.717, 1.165) is 25.7 Å². The summed E-state index contributed by atoms with van der Waals surface area (Å²) in [6, 6.07) is 5.11. The first kappa shape index (κ1) is 32.9. The van der Waals surface area contributed by atoms with E-state index in [-0.39, 0.29) is 37.2 Å². The van der Waals surface area contributed by atoms with Crippen molar-refractivity contribution in [2.75, 3.05) is 0 Å². The van der Waals surface area contributed by atoms with E-state index in [4.69, 9.17) is 5.73 Å². The van der Waals surface area contributed by atoms with E-state index in [2.05, 4.69) is 25.7 Å². The third-order valence-electron chi connectivity index (χ3n) is 7.63. The number of hydrogen-bond acceptors (Lipinski definition) is 5. The third kappa shape index (κ3) is 9.74. The van der Waals surface area contributed by atoms with Gasteiger partial charge in [0.25, 0.3) is 11.8 Å². The molecule has 240 valence electrons. The number of H-pyrrole nitrogens is 1. The monoisotopic (exact) mass is 625 g/mol. The van der Waals surface area contributed by atoms with Crippen LogP contribution in [-0.4, -0.2) is 49.6 Å². The maximum absolute atomic E-state index is 12.7. The molecule has 2 aliphatic rings. The molecule has 5 N–H and O–H groups in total. The molecule has 0 unspecified atom stereocenters. The Morgan fingerprint density at radius 2 is 1.77 bits per heavy atom. The molecule has 0 aliphatic heterocycles. The number of carbonyl (C=O) groups excluding carboxylic acids is 3. The Hall–Kier alpha value is -4.04. The number of nitrogens with two attached hydrogens (primary N) is 1. The molecular weight excluding hydrogens is 589 g/mol. The zero-order chi connectivity index (χ0) is 31.9. The molecule has 2 aromatic heterocycles. The van der Waals surface area contributed by atoms with E-state index in [1.807, 2.05) is 0 Å². The molecule has 0 spiro atoms. The van der Waals surface area contributed by atoms with Gasteiger partial charge in [-0.2, -0.15) is 18.3 Å². The molecule has 0 bridgehead atoms. The van der Waals surface area contributed by atoms with Crippen LogP contribution in [0.25, 0.3) is 11.0 Å². The molecule has 44 heavy (non-hydrogen) atoms. The average molecular weight is 626 g/mol. The van der Waals surface area contributed by atoms with E-state index in [1.54, 1.807) is 22.9 Å². The Morgan fingerprint density at radius 1 is 1.05 bits per heavy atom. The van der Waals surface area contributed by atoms with Crippen LogP contribution in [0, 0.1) is 5.92 Å². The maximum atomic E-state index is 12.7. The predicted octanol–water partition coefficient (Wildman–Crippen LogP) is 5.13. The number of aromatic amines is 1. The Kier molecular flexibility index (Phi) is 10.6. The quantitative estimate of drug-likeness (QED) is 0.231. The van der Waals surface area contributed by atoms with Gasteiger partial charge in [0.2, 0.25) is 11.8 Å². The predicted molar refractivity (Wildman–Crippen MR) is 151 cm³/mol. The van der Waals surface area contributed by atoms with Crippen molar-refractivity contribution >= 4 is 28.8 Å². The molecule has 0 radical (unpaired) electrons. The lowest BCUT2D eigenvalue weighted by Gasteiger charge is -2.24. The van der Waals surface area contributed by atoms with Crippen LogP contribution in [0.15, 0.2) is 24.4 Å². The first-order valence-corrected chi connectivity index (χ1v) is 14.6. The fourth-order valence-electron chi connectivity index (χ4n) is 4.98. The summed E-state index contributed by atoms with van der Waals surface area (Å²) in [7, 11) is 0. The van der Waals surface area contributed by atoms with Gasteiger partial charge in [0.05, 0.1) is 29.6 Å². The first-order chi connectivity index (χ1) is 20.8. The number of hydrogen-bond donors (Lipinski definition) is 4. The summed E-state index contributed by atoms with van der Waals surface area (Å²) in [6.45, 7) is 0.740. The molecule has 2 aliphatic carbocycles. The molecule has 15 heteroatoms. The molecular formula is C29H36F5N7O3. The third-order valence-corrected chi connectivity index (χ3v) is 7.63. The van der Waals surface area contributed by atoms with Gasteiger partial charge in [0.15, 0.2) is 5.69 Å². The summed E-state index contributed by atoms with van der Waals surface area (Å²) < 4.78 is 62.7. The number of carbonyl (C=O) groups is 3. The molecule has 2 saturated carbocycles. The Balaban J connectivity index is 0.000000479. The molecule has 2 heterocycles. The topological polar surface area (TPSA) is 148 Å². The van der Waals surface area contributed by atoms with Crippen molar-refractivity contribution in [3.05, 3.63) is 47.0 Å². The molecule has 2 fully saturated rings. The van der Waals surface area contributed by atoms with Crippen molar-refractivity contribution in [2.24, 2.45) is 11.7 Å².